The summed E-state index contributed by atoms with van der Waals surface area (Å²) in [7, 11) is 0. The Kier molecular flexibility index (Phi) is 12.7. The van der Waals surface area contributed by atoms with Crippen molar-refractivity contribution in [3.8, 4) is 0 Å². The third-order valence-corrected chi connectivity index (χ3v) is 8.25. The van der Waals surface area contributed by atoms with Gasteiger partial charge in [-0.2, -0.15) is 0 Å². The number of urea groups is 1. The van der Waals surface area contributed by atoms with E-state index < -0.39 is 12.1 Å². The number of nitrogens with one attached hydrogen (secondary N) is 3. The van der Waals surface area contributed by atoms with E-state index >= 15 is 0 Å². The van der Waals surface area contributed by atoms with Crippen molar-refractivity contribution in [2.24, 2.45) is 0 Å². The number of hydrogen-bond donors (Lipinski definition) is 3. The maximum Gasteiger partial charge on any atom is 0.323 e. The van der Waals surface area contributed by atoms with Gasteiger partial charge in [0.25, 0.3) is 0 Å². The molecule has 0 aromatic heterocycles. The first-order valence-electron chi connectivity index (χ1n) is 16.4. The van der Waals surface area contributed by atoms with E-state index in [0.29, 0.717) is 12.3 Å². The number of fused-ring (bicyclic) bond motifs is 1. The Bertz CT molecular complexity index is 1120. The third kappa shape index (κ3) is 10.2. The molecule has 2 aromatic carbocycles. The van der Waals surface area contributed by atoms with Crippen molar-refractivity contribution in [3.63, 3.8) is 0 Å². The highest BCUT2D eigenvalue weighted by atomic mass is 16.8. The monoisotopic (exact) mass is 595 g/mol. The maximum atomic E-state index is 12.5. The lowest BCUT2D eigenvalue weighted by Crippen LogP contribution is -2.41. The van der Waals surface area contributed by atoms with Crippen molar-refractivity contribution in [2.45, 2.75) is 135 Å². The van der Waals surface area contributed by atoms with E-state index in [1.807, 2.05) is 69.3 Å². The van der Waals surface area contributed by atoms with Crippen LogP contribution in [0.25, 0.3) is 0 Å². The maximum absolute atomic E-state index is 12.5. The zero-order valence-corrected chi connectivity index (χ0v) is 26.8. The van der Waals surface area contributed by atoms with Crippen LogP contribution in [-0.2, 0) is 18.9 Å². The number of carbonyl (C=O) groups excluding carboxylic acids is 1. The molecule has 4 rings (SSSR count). The minimum Gasteiger partial charge on any atom is -0.380 e. The van der Waals surface area contributed by atoms with Crippen LogP contribution in [0.1, 0.15) is 97.5 Å². The van der Waals surface area contributed by atoms with E-state index in [9.17, 15) is 4.79 Å². The molecule has 238 valence electrons. The van der Waals surface area contributed by atoms with E-state index in [0.717, 1.165) is 23.4 Å². The summed E-state index contributed by atoms with van der Waals surface area (Å²) >= 11 is 0. The van der Waals surface area contributed by atoms with Crippen molar-refractivity contribution in [1.82, 2.24) is 0 Å². The molecule has 0 bridgehead atoms. The number of ether oxygens (including phenoxy) is 4. The molecule has 0 radical (unpaired) electrons. The highest BCUT2D eigenvalue weighted by molar-refractivity contribution is 6.00. The largest absolute Gasteiger partial charge is 0.380 e. The number of carbonyl (C=O) groups is 1. The van der Waals surface area contributed by atoms with Gasteiger partial charge in [-0.05, 0) is 70.0 Å². The molecule has 5 atom stereocenters. The van der Waals surface area contributed by atoms with Gasteiger partial charge in [-0.3, -0.25) is 0 Å². The van der Waals surface area contributed by atoms with Crippen LogP contribution in [0.15, 0.2) is 48.5 Å². The van der Waals surface area contributed by atoms with Crippen molar-refractivity contribution in [1.29, 1.82) is 0 Å². The van der Waals surface area contributed by atoms with Crippen LogP contribution in [0, 0.1) is 6.92 Å². The number of unbranched alkanes of at least 4 members (excludes halogenated alkanes) is 9. The van der Waals surface area contributed by atoms with Crippen LogP contribution in [0.2, 0.25) is 0 Å². The van der Waals surface area contributed by atoms with Gasteiger partial charge in [0.15, 0.2) is 12.1 Å². The van der Waals surface area contributed by atoms with Crippen molar-refractivity contribution >= 4 is 23.1 Å². The number of amides is 2. The Morgan fingerprint density at radius 1 is 0.837 bits per heavy atom. The van der Waals surface area contributed by atoms with Crippen molar-refractivity contribution in [2.75, 3.05) is 22.6 Å². The van der Waals surface area contributed by atoms with E-state index in [2.05, 4.69) is 29.8 Å². The fraction of sp³-hybridized carbons (Fsp3) is 0.629. The van der Waals surface area contributed by atoms with Gasteiger partial charge < -0.3 is 34.9 Å². The molecule has 8 nitrogen and oxygen atoms in total. The summed E-state index contributed by atoms with van der Waals surface area (Å²) in [6, 6.07) is 15.0. The number of para-hydroxylation sites is 1. The first kappa shape index (κ1) is 33.2. The molecule has 2 aliphatic heterocycles. The number of hydrogen-bond acceptors (Lipinski definition) is 6. The average Bonchev–Trinajstić information content (AvgIpc) is 3.46. The van der Waals surface area contributed by atoms with Gasteiger partial charge in [-0.15, -0.1) is 0 Å². The Labute approximate surface area is 258 Å². The molecule has 3 N–H and O–H groups in total. The lowest BCUT2D eigenvalue weighted by Gasteiger charge is -2.28. The second-order valence-corrected chi connectivity index (χ2v) is 12.5. The lowest BCUT2D eigenvalue weighted by atomic mass is 10.0. The molecule has 8 heteroatoms. The van der Waals surface area contributed by atoms with Crippen LogP contribution in [0.5, 0.6) is 0 Å². The van der Waals surface area contributed by atoms with Crippen LogP contribution >= 0.6 is 0 Å². The second kappa shape index (κ2) is 16.4. The predicted octanol–water partition coefficient (Wildman–Crippen LogP) is 8.62. The first-order chi connectivity index (χ1) is 20.8. The van der Waals surface area contributed by atoms with E-state index in [4.69, 9.17) is 18.9 Å². The molecular formula is C35H53N3O5. The zero-order valence-electron chi connectivity index (χ0n) is 26.8. The molecule has 2 aliphatic rings. The Morgan fingerprint density at radius 3 is 2.12 bits per heavy atom. The predicted molar refractivity (Wildman–Crippen MR) is 174 cm³/mol. The topological polar surface area (TPSA) is 90.1 Å². The average molecular weight is 596 g/mol. The second-order valence-electron chi connectivity index (χ2n) is 12.5. The SMILES string of the molecule is CCCCCCCCCCCCO[C@@H]1O[C@H](C(C)Nc2ccc(NC(=O)Nc3ccccc3C)cc2)[C@H]2OC(C)(C)O[C@@H]12. The van der Waals surface area contributed by atoms with Gasteiger partial charge in [-0.1, -0.05) is 82.9 Å². The minimum absolute atomic E-state index is 0.0564. The van der Waals surface area contributed by atoms with Crippen LogP contribution in [0.3, 0.4) is 0 Å². The molecule has 0 saturated carbocycles. The standard InChI is InChI=1S/C35H53N3O5/c1-6-7-8-9-10-11-12-13-14-17-24-40-33-32-31(42-35(4,5)43-32)30(41-33)26(3)36-27-20-22-28(23-21-27)37-34(39)38-29-19-16-15-18-25(29)2/h15-16,18-23,26,30-33,36H,6-14,17,24H2,1-5H3,(H2,37,38,39)/t26?,30-,31-,32-,33-/m1/s1. The summed E-state index contributed by atoms with van der Waals surface area (Å²) in [4.78, 5) is 12.5. The molecule has 2 fully saturated rings. The van der Waals surface area contributed by atoms with Gasteiger partial charge in [0.2, 0.25) is 0 Å². The van der Waals surface area contributed by atoms with Crippen LogP contribution < -0.4 is 16.0 Å². The number of rotatable bonds is 17. The van der Waals surface area contributed by atoms with E-state index in [1.165, 1.54) is 57.8 Å². The van der Waals surface area contributed by atoms with Gasteiger partial charge in [0.1, 0.15) is 18.3 Å². The molecule has 2 heterocycles. The highest BCUT2D eigenvalue weighted by Crippen LogP contribution is 2.40. The van der Waals surface area contributed by atoms with E-state index in [-0.39, 0.29) is 30.4 Å². The molecule has 43 heavy (non-hydrogen) atoms. The third-order valence-electron chi connectivity index (χ3n) is 8.25. The molecular weight excluding hydrogens is 542 g/mol. The normalized spacial score (nSPS) is 23.1. The van der Waals surface area contributed by atoms with Gasteiger partial charge in [-0.25, -0.2) is 4.79 Å². The fourth-order valence-corrected chi connectivity index (χ4v) is 5.91. The Hall–Kier alpha value is -2.65. The number of benzene rings is 2. The fourth-order valence-electron chi connectivity index (χ4n) is 5.91. The first-order valence-corrected chi connectivity index (χ1v) is 16.4. The van der Waals surface area contributed by atoms with Crippen LogP contribution in [-0.4, -0.2) is 49.1 Å². The van der Waals surface area contributed by atoms with Crippen molar-refractivity contribution in [3.05, 3.63) is 54.1 Å². The smallest absolute Gasteiger partial charge is 0.323 e. The minimum atomic E-state index is -0.679. The summed E-state index contributed by atoms with van der Waals surface area (Å²) in [5.74, 6) is -0.679. The molecule has 2 aromatic rings. The highest BCUT2D eigenvalue weighted by Gasteiger charge is 2.57. The number of aryl methyl sites for hydroxylation is 1. The van der Waals surface area contributed by atoms with Crippen molar-refractivity contribution < 1.29 is 23.7 Å². The summed E-state index contributed by atoms with van der Waals surface area (Å²) in [6.45, 7) is 10.9. The Morgan fingerprint density at radius 2 is 1.44 bits per heavy atom. The lowest BCUT2D eigenvalue weighted by molar-refractivity contribution is -0.234. The molecule has 0 aliphatic carbocycles. The summed E-state index contributed by atoms with van der Waals surface area (Å²) < 4.78 is 25.1. The summed E-state index contributed by atoms with van der Waals surface area (Å²) in [5, 5.41) is 9.32. The van der Waals surface area contributed by atoms with Gasteiger partial charge in [0.05, 0.1) is 6.04 Å². The molecule has 0 spiro atoms. The zero-order chi connectivity index (χ0) is 30.7. The Balaban J connectivity index is 1.21. The number of anilines is 3. The van der Waals surface area contributed by atoms with Crippen LogP contribution in [0.4, 0.5) is 21.9 Å². The summed E-state index contributed by atoms with van der Waals surface area (Å²) in [6.07, 6.45) is 11.8. The van der Waals surface area contributed by atoms with Gasteiger partial charge in [0, 0.05) is 23.7 Å². The quantitative estimate of drug-likeness (QED) is 0.159. The van der Waals surface area contributed by atoms with E-state index in [1.54, 1.807) is 0 Å². The molecule has 2 saturated heterocycles. The van der Waals surface area contributed by atoms with Gasteiger partial charge >= 0.3 is 6.03 Å². The molecule has 1 unspecified atom stereocenters. The molecule has 2 amide bonds. The summed E-state index contributed by atoms with van der Waals surface area (Å²) in [5.41, 5.74) is 3.42.